The molecule has 7 nitrogen and oxygen atoms in total. The molecule has 0 radical (unpaired) electrons. The maximum atomic E-state index is 12.4. The third-order valence-corrected chi connectivity index (χ3v) is 3.63. The molecule has 1 unspecified atom stereocenters. The van der Waals surface area contributed by atoms with Crippen LogP contribution in [0.25, 0.3) is 0 Å². The Morgan fingerprint density at radius 3 is 2.85 bits per heavy atom. The SMILES string of the molecule is COC1CCN(C(=O)c2cc([N+](=O)[O-])cc(Cl)c2N)C1. The van der Waals surface area contributed by atoms with Crippen LogP contribution in [0.1, 0.15) is 16.8 Å². The molecule has 1 aromatic carbocycles. The van der Waals surface area contributed by atoms with E-state index in [9.17, 15) is 14.9 Å². The number of methoxy groups -OCH3 is 1. The van der Waals surface area contributed by atoms with Crippen LogP contribution in [0.15, 0.2) is 12.1 Å². The zero-order valence-corrected chi connectivity index (χ0v) is 11.6. The highest BCUT2D eigenvalue weighted by atomic mass is 35.5. The monoisotopic (exact) mass is 299 g/mol. The summed E-state index contributed by atoms with van der Waals surface area (Å²) in [6.45, 7) is 0.964. The Morgan fingerprint density at radius 1 is 1.60 bits per heavy atom. The predicted molar refractivity (Wildman–Crippen MR) is 73.8 cm³/mol. The van der Waals surface area contributed by atoms with E-state index in [0.717, 1.165) is 18.6 Å². The predicted octanol–water partition coefficient (Wildman–Crippen LogP) is 1.69. The molecule has 1 aliphatic rings. The lowest BCUT2D eigenvalue weighted by Gasteiger charge is -2.17. The number of hydrogen-bond donors (Lipinski definition) is 1. The fourth-order valence-corrected chi connectivity index (χ4v) is 2.37. The second-order valence-corrected chi connectivity index (χ2v) is 4.95. The lowest BCUT2D eigenvalue weighted by Crippen LogP contribution is -2.30. The molecule has 2 N–H and O–H groups in total. The highest BCUT2D eigenvalue weighted by molar-refractivity contribution is 6.34. The highest BCUT2D eigenvalue weighted by Crippen LogP contribution is 2.30. The average molecular weight is 300 g/mol. The maximum Gasteiger partial charge on any atom is 0.271 e. The molecular formula is C12H14ClN3O4. The van der Waals surface area contributed by atoms with Gasteiger partial charge >= 0.3 is 0 Å². The lowest BCUT2D eigenvalue weighted by atomic mass is 10.1. The topological polar surface area (TPSA) is 98.7 Å². The molecule has 1 aliphatic heterocycles. The number of ether oxygens (including phenoxy) is 1. The van der Waals surface area contributed by atoms with Crippen molar-refractivity contribution in [3.05, 3.63) is 32.8 Å². The van der Waals surface area contributed by atoms with Crippen molar-refractivity contribution in [1.29, 1.82) is 0 Å². The number of nitro groups is 1. The second-order valence-electron chi connectivity index (χ2n) is 4.54. The van der Waals surface area contributed by atoms with E-state index in [1.165, 1.54) is 0 Å². The molecular weight excluding hydrogens is 286 g/mol. The number of likely N-dealkylation sites (tertiary alicyclic amines) is 1. The number of carbonyl (C=O) groups is 1. The molecule has 0 aromatic heterocycles. The van der Waals surface area contributed by atoms with Crippen molar-refractivity contribution in [2.45, 2.75) is 12.5 Å². The summed E-state index contributed by atoms with van der Waals surface area (Å²) in [5, 5.41) is 10.8. The Bertz CT molecular complexity index is 564. The molecule has 0 aliphatic carbocycles. The maximum absolute atomic E-state index is 12.4. The molecule has 20 heavy (non-hydrogen) atoms. The summed E-state index contributed by atoms with van der Waals surface area (Å²) in [6, 6.07) is 2.29. The van der Waals surface area contributed by atoms with Crippen LogP contribution >= 0.6 is 11.6 Å². The summed E-state index contributed by atoms with van der Waals surface area (Å²) in [5.74, 6) is -0.368. The molecule has 108 valence electrons. The standard InChI is InChI=1S/C12H14ClN3O4/c1-20-8-2-3-15(6-8)12(17)9-4-7(16(18)19)5-10(13)11(9)14/h4-5,8H,2-3,6,14H2,1H3. The number of nitrogens with two attached hydrogens (primary N) is 1. The van der Waals surface area contributed by atoms with E-state index in [-0.39, 0.29) is 34.0 Å². The molecule has 1 saturated heterocycles. The molecule has 8 heteroatoms. The number of rotatable bonds is 3. The number of non-ortho nitro benzene ring substituents is 1. The van der Waals surface area contributed by atoms with Gasteiger partial charge in [-0.2, -0.15) is 0 Å². The number of anilines is 1. The minimum absolute atomic E-state index is 0.00467. The molecule has 1 heterocycles. The van der Waals surface area contributed by atoms with Gasteiger partial charge in [-0.1, -0.05) is 11.6 Å². The van der Waals surface area contributed by atoms with Gasteiger partial charge in [-0.25, -0.2) is 0 Å². The van der Waals surface area contributed by atoms with E-state index in [0.29, 0.717) is 13.1 Å². The summed E-state index contributed by atoms with van der Waals surface area (Å²) in [7, 11) is 1.58. The first-order chi connectivity index (χ1) is 9.43. The zero-order valence-electron chi connectivity index (χ0n) is 10.8. The molecule has 1 atom stereocenters. The van der Waals surface area contributed by atoms with Gasteiger partial charge in [-0.15, -0.1) is 0 Å². The van der Waals surface area contributed by atoms with Crippen molar-refractivity contribution in [2.24, 2.45) is 0 Å². The molecule has 1 fully saturated rings. The smallest absolute Gasteiger partial charge is 0.271 e. The molecule has 2 rings (SSSR count). The molecule has 1 amide bonds. The summed E-state index contributed by atoms with van der Waals surface area (Å²) >= 11 is 5.84. The van der Waals surface area contributed by atoms with Crippen molar-refractivity contribution in [3.8, 4) is 0 Å². The van der Waals surface area contributed by atoms with Gasteiger partial charge in [0, 0.05) is 32.3 Å². The second kappa shape index (κ2) is 5.64. The van der Waals surface area contributed by atoms with Crippen LogP contribution in [-0.2, 0) is 4.74 Å². The normalized spacial score (nSPS) is 18.3. The van der Waals surface area contributed by atoms with E-state index in [2.05, 4.69) is 0 Å². The van der Waals surface area contributed by atoms with Crippen molar-refractivity contribution in [3.63, 3.8) is 0 Å². The number of amides is 1. The Morgan fingerprint density at radius 2 is 2.30 bits per heavy atom. The third-order valence-electron chi connectivity index (χ3n) is 3.32. The Labute approximate surface area is 120 Å². The number of nitrogen functional groups attached to an aromatic ring is 1. The van der Waals surface area contributed by atoms with Gasteiger partial charge in [0.2, 0.25) is 0 Å². The lowest BCUT2D eigenvalue weighted by molar-refractivity contribution is -0.384. The fourth-order valence-electron chi connectivity index (χ4n) is 2.16. The number of carbonyl (C=O) groups excluding carboxylic acids is 1. The molecule has 0 saturated carbocycles. The molecule has 1 aromatic rings. The number of nitro benzene ring substituents is 1. The molecule has 0 spiro atoms. The minimum atomic E-state index is -0.607. The first-order valence-corrected chi connectivity index (χ1v) is 6.37. The summed E-state index contributed by atoms with van der Waals surface area (Å²) in [6.07, 6.45) is 0.708. The van der Waals surface area contributed by atoms with E-state index < -0.39 is 4.92 Å². The highest BCUT2D eigenvalue weighted by Gasteiger charge is 2.29. The van der Waals surface area contributed by atoms with Gasteiger partial charge in [0.05, 0.1) is 27.3 Å². The van der Waals surface area contributed by atoms with Crippen LogP contribution in [0.4, 0.5) is 11.4 Å². The third kappa shape index (κ3) is 2.68. The summed E-state index contributed by atoms with van der Waals surface area (Å²) in [5.41, 5.74) is 5.61. The van der Waals surface area contributed by atoms with E-state index in [4.69, 9.17) is 22.1 Å². The van der Waals surface area contributed by atoms with Gasteiger partial charge in [0.15, 0.2) is 0 Å². The molecule has 0 bridgehead atoms. The largest absolute Gasteiger partial charge is 0.397 e. The van der Waals surface area contributed by atoms with Gasteiger partial charge in [0.1, 0.15) is 0 Å². The first-order valence-electron chi connectivity index (χ1n) is 5.99. The minimum Gasteiger partial charge on any atom is -0.397 e. The van der Waals surface area contributed by atoms with Crippen LogP contribution < -0.4 is 5.73 Å². The van der Waals surface area contributed by atoms with E-state index in [1.54, 1.807) is 12.0 Å². The average Bonchev–Trinajstić information content (AvgIpc) is 2.89. The van der Waals surface area contributed by atoms with Crippen LogP contribution in [-0.4, -0.2) is 42.0 Å². The van der Waals surface area contributed by atoms with Gasteiger partial charge in [-0.3, -0.25) is 14.9 Å². The fraction of sp³-hybridized carbons (Fsp3) is 0.417. The van der Waals surface area contributed by atoms with Crippen LogP contribution in [0.3, 0.4) is 0 Å². The van der Waals surface area contributed by atoms with Gasteiger partial charge in [0.25, 0.3) is 11.6 Å². The number of benzene rings is 1. The number of hydrogen-bond acceptors (Lipinski definition) is 5. The van der Waals surface area contributed by atoms with Crippen LogP contribution in [0.5, 0.6) is 0 Å². The Kier molecular flexibility index (Phi) is 4.10. The van der Waals surface area contributed by atoms with Crippen LogP contribution in [0, 0.1) is 10.1 Å². The summed E-state index contributed by atoms with van der Waals surface area (Å²) < 4.78 is 5.18. The van der Waals surface area contributed by atoms with E-state index in [1.807, 2.05) is 0 Å². The van der Waals surface area contributed by atoms with Crippen molar-refractivity contribution >= 4 is 28.9 Å². The number of nitrogens with zero attached hydrogens (tertiary/aromatic N) is 2. The quantitative estimate of drug-likeness (QED) is 0.520. The zero-order chi connectivity index (χ0) is 14.9. The van der Waals surface area contributed by atoms with E-state index >= 15 is 0 Å². The van der Waals surface area contributed by atoms with Crippen molar-refractivity contribution in [1.82, 2.24) is 4.90 Å². The summed E-state index contributed by atoms with van der Waals surface area (Å²) in [4.78, 5) is 24.1. The first kappa shape index (κ1) is 14.5. The Hall–Kier alpha value is -1.86. The van der Waals surface area contributed by atoms with Gasteiger partial charge < -0.3 is 15.4 Å². The number of halogens is 1. The van der Waals surface area contributed by atoms with Crippen molar-refractivity contribution < 1.29 is 14.5 Å². The van der Waals surface area contributed by atoms with Gasteiger partial charge in [-0.05, 0) is 6.42 Å². The Balaban J connectivity index is 2.32. The van der Waals surface area contributed by atoms with Crippen molar-refractivity contribution in [2.75, 3.05) is 25.9 Å². The van der Waals surface area contributed by atoms with Crippen LogP contribution in [0.2, 0.25) is 5.02 Å².